The molecule has 1 saturated heterocycles. The third-order valence-corrected chi connectivity index (χ3v) is 3.30. The van der Waals surface area contributed by atoms with Crippen LogP contribution in [0.15, 0.2) is 0 Å². The van der Waals surface area contributed by atoms with Crippen LogP contribution < -0.4 is 5.32 Å². The number of hydrogen-bond donors (Lipinski definition) is 4. The standard InChI is InChI=1S/C7H14NO5P/c9-7(10)6-3-5(1-2-8-6)4-14(11,12)13/h5-6,8H,1-4H2,(H,9,10)(H2,11,12,13)/t5-,6?/m0/s1. The van der Waals surface area contributed by atoms with Crippen LogP contribution in [0.2, 0.25) is 0 Å². The number of nitrogens with one attached hydrogen (secondary N) is 1. The zero-order valence-electron chi connectivity index (χ0n) is 7.59. The molecule has 82 valence electrons. The number of hydrogen-bond acceptors (Lipinski definition) is 3. The first-order valence-corrected chi connectivity index (χ1v) is 6.19. The van der Waals surface area contributed by atoms with Gasteiger partial charge in [0.1, 0.15) is 6.04 Å². The fourth-order valence-electron chi connectivity index (χ4n) is 1.69. The van der Waals surface area contributed by atoms with Gasteiger partial charge in [-0.2, -0.15) is 0 Å². The minimum Gasteiger partial charge on any atom is -0.480 e. The molecule has 14 heavy (non-hydrogen) atoms. The number of carboxylic acids is 1. The van der Waals surface area contributed by atoms with Crippen LogP contribution in [0.4, 0.5) is 0 Å². The maximum atomic E-state index is 10.7. The topological polar surface area (TPSA) is 107 Å². The van der Waals surface area contributed by atoms with Gasteiger partial charge < -0.3 is 20.2 Å². The van der Waals surface area contributed by atoms with Crippen molar-refractivity contribution in [2.75, 3.05) is 12.7 Å². The zero-order chi connectivity index (χ0) is 10.8. The molecular formula is C7H14NO5P. The molecule has 0 radical (unpaired) electrons. The summed E-state index contributed by atoms with van der Waals surface area (Å²) in [6.45, 7) is 0.502. The first kappa shape index (κ1) is 11.7. The van der Waals surface area contributed by atoms with Gasteiger partial charge in [0.05, 0.1) is 6.16 Å². The summed E-state index contributed by atoms with van der Waals surface area (Å²) in [7, 11) is -4.01. The molecule has 0 saturated carbocycles. The van der Waals surface area contributed by atoms with Crippen molar-refractivity contribution in [3.63, 3.8) is 0 Å². The number of carbonyl (C=O) groups is 1. The summed E-state index contributed by atoms with van der Waals surface area (Å²) >= 11 is 0. The largest absolute Gasteiger partial charge is 0.480 e. The average Bonchev–Trinajstić information content (AvgIpc) is 2.01. The predicted molar refractivity (Wildman–Crippen MR) is 49.1 cm³/mol. The van der Waals surface area contributed by atoms with Gasteiger partial charge in [-0.25, -0.2) is 0 Å². The molecule has 0 aliphatic carbocycles. The summed E-state index contributed by atoms with van der Waals surface area (Å²) < 4.78 is 10.7. The number of aliphatic carboxylic acids is 1. The number of rotatable bonds is 3. The van der Waals surface area contributed by atoms with Gasteiger partial charge in [-0.15, -0.1) is 0 Å². The van der Waals surface area contributed by atoms with Gasteiger partial charge in [0.25, 0.3) is 0 Å². The van der Waals surface area contributed by atoms with Crippen LogP contribution in [0, 0.1) is 5.92 Å². The monoisotopic (exact) mass is 223 g/mol. The second kappa shape index (κ2) is 4.40. The Morgan fingerprint density at radius 1 is 1.50 bits per heavy atom. The van der Waals surface area contributed by atoms with E-state index in [4.69, 9.17) is 14.9 Å². The van der Waals surface area contributed by atoms with E-state index in [1.54, 1.807) is 0 Å². The Labute approximate surface area is 81.5 Å². The van der Waals surface area contributed by atoms with E-state index in [1.165, 1.54) is 0 Å². The maximum Gasteiger partial charge on any atom is 0.325 e. The highest BCUT2D eigenvalue weighted by Crippen LogP contribution is 2.39. The lowest BCUT2D eigenvalue weighted by atomic mass is 9.94. The molecule has 0 amide bonds. The molecule has 1 aliphatic rings. The van der Waals surface area contributed by atoms with Gasteiger partial charge in [0.15, 0.2) is 0 Å². The molecule has 1 rings (SSSR count). The van der Waals surface area contributed by atoms with Gasteiger partial charge in [-0.05, 0) is 25.3 Å². The van der Waals surface area contributed by atoms with E-state index in [0.717, 1.165) is 0 Å². The summed E-state index contributed by atoms with van der Waals surface area (Å²) in [4.78, 5) is 28.1. The molecule has 0 spiro atoms. The summed E-state index contributed by atoms with van der Waals surface area (Å²) in [5.74, 6) is -1.15. The highest BCUT2D eigenvalue weighted by atomic mass is 31.2. The van der Waals surface area contributed by atoms with Gasteiger partial charge >= 0.3 is 13.6 Å². The van der Waals surface area contributed by atoms with Crippen LogP contribution in [0.25, 0.3) is 0 Å². The van der Waals surface area contributed by atoms with Gasteiger partial charge in [-0.3, -0.25) is 9.36 Å². The Morgan fingerprint density at radius 2 is 2.14 bits per heavy atom. The van der Waals surface area contributed by atoms with Crippen molar-refractivity contribution in [3.05, 3.63) is 0 Å². The molecule has 1 heterocycles. The quantitative estimate of drug-likeness (QED) is 0.486. The Hall–Kier alpha value is -0.420. The SMILES string of the molecule is O=C(O)C1C[C@@H](CP(=O)(O)O)CCN1. The van der Waals surface area contributed by atoms with Crippen LogP contribution in [0.3, 0.4) is 0 Å². The van der Waals surface area contributed by atoms with Crippen molar-refractivity contribution in [1.29, 1.82) is 0 Å². The van der Waals surface area contributed by atoms with Crippen molar-refractivity contribution in [2.24, 2.45) is 5.92 Å². The van der Waals surface area contributed by atoms with E-state index in [0.29, 0.717) is 19.4 Å². The summed E-state index contributed by atoms with van der Waals surface area (Å²) in [6.07, 6.45) is 0.702. The lowest BCUT2D eigenvalue weighted by Crippen LogP contribution is -2.44. The molecule has 7 heteroatoms. The highest BCUT2D eigenvalue weighted by Gasteiger charge is 2.30. The molecule has 0 bridgehead atoms. The molecule has 0 aromatic rings. The molecule has 1 aliphatic heterocycles. The Bertz CT molecular complexity index is 263. The molecule has 0 aromatic carbocycles. The van der Waals surface area contributed by atoms with Gasteiger partial charge in [0.2, 0.25) is 0 Å². The summed E-state index contributed by atoms with van der Waals surface area (Å²) in [5, 5.41) is 11.5. The lowest BCUT2D eigenvalue weighted by molar-refractivity contribution is -0.140. The van der Waals surface area contributed by atoms with Crippen LogP contribution in [0.1, 0.15) is 12.8 Å². The minimum absolute atomic E-state index is 0.196. The van der Waals surface area contributed by atoms with Crippen molar-refractivity contribution < 1.29 is 24.3 Å². The van der Waals surface area contributed by atoms with Crippen LogP contribution in [-0.4, -0.2) is 39.6 Å². The zero-order valence-corrected chi connectivity index (χ0v) is 8.48. The van der Waals surface area contributed by atoms with E-state index in [9.17, 15) is 9.36 Å². The van der Waals surface area contributed by atoms with Gasteiger partial charge in [0, 0.05) is 0 Å². The summed E-state index contributed by atoms with van der Waals surface area (Å²) in [5.41, 5.74) is 0. The molecular weight excluding hydrogens is 209 g/mol. The average molecular weight is 223 g/mol. The van der Waals surface area contributed by atoms with E-state index in [1.807, 2.05) is 0 Å². The minimum atomic E-state index is -4.01. The van der Waals surface area contributed by atoms with E-state index in [-0.39, 0.29) is 12.1 Å². The Morgan fingerprint density at radius 3 is 2.64 bits per heavy atom. The summed E-state index contributed by atoms with van der Waals surface area (Å²) in [6, 6.07) is -0.666. The first-order chi connectivity index (χ1) is 6.38. The molecule has 0 aromatic heterocycles. The van der Waals surface area contributed by atoms with Crippen molar-refractivity contribution in [3.8, 4) is 0 Å². The third kappa shape index (κ3) is 3.75. The molecule has 1 unspecified atom stereocenters. The molecule has 4 N–H and O–H groups in total. The first-order valence-electron chi connectivity index (χ1n) is 4.39. The fraction of sp³-hybridized carbons (Fsp3) is 0.857. The van der Waals surface area contributed by atoms with E-state index in [2.05, 4.69) is 5.32 Å². The molecule has 2 atom stereocenters. The van der Waals surface area contributed by atoms with Crippen LogP contribution in [0.5, 0.6) is 0 Å². The van der Waals surface area contributed by atoms with E-state index >= 15 is 0 Å². The predicted octanol–water partition coefficient (Wildman–Crippen LogP) is -0.383. The lowest BCUT2D eigenvalue weighted by Gasteiger charge is -2.27. The van der Waals surface area contributed by atoms with E-state index < -0.39 is 19.6 Å². The normalized spacial score (nSPS) is 28.7. The Balaban J connectivity index is 2.48. The van der Waals surface area contributed by atoms with Crippen LogP contribution in [-0.2, 0) is 9.36 Å². The Kier molecular flexibility index (Phi) is 3.66. The maximum absolute atomic E-state index is 10.7. The van der Waals surface area contributed by atoms with Crippen molar-refractivity contribution in [2.45, 2.75) is 18.9 Å². The molecule has 1 fully saturated rings. The second-order valence-corrected chi connectivity index (χ2v) is 5.28. The second-order valence-electron chi connectivity index (χ2n) is 3.58. The number of piperidine rings is 1. The number of carboxylic acid groups (broad SMARTS) is 1. The van der Waals surface area contributed by atoms with Gasteiger partial charge in [-0.1, -0.05) is 0 Å². The fourth-order valence-corrected chi connectivity index (χ4v) is 2.69. The highest BCUT2D eigenvalue weighted by molar-refractivity contribution is 7.51. The van der Waals surface area contributed by atoms with Crippen molar-refractivity contribution in [1.82, 2.24) is 5.32 Å². The molecule has 6 nitrogen and oxygen atoms in total. The van der Waals surface area contributed by atoms with Crippen molar-refractivity contribution >= 4 is 13.6 Å². The smallest absolute Gasteiger partial charge is 0.325 e. The third-order valence-electron chi connectivity index (χ3n) is 2.31. The van der Waals surface area contributed by atoms with Crippen LogP contribution >= 0.6 is 7.60 Å².